The fraction of sp³-hybridized carbons (Fsp3) is 0.667. The Morgan fingerprint density at radius 2 is 1.02 bits per heavy atom. The zero-order valence-electron chi connectivity index (χ0n) is 54.2. The Labute approximate surface area is 566 Å². The summed E-state index contributed by atoms with van der Waals surface area (Å²) in [5.74, 6) is -0.996. The topological polar surface area (TPSA) is 240 Å². The molecule has 3 aliphatic carbocycles. The summed E-state index contributed by atoms with van der Waals surface area (Å²) in [5, 5.41) is 5.63. The number of amides is 4. The molecule has 2 radical (unpaired) electrons. The Bertz CT molecular complexity index is 3300. The molecule has 7 aliphatic rings. The Balaban J connectivity index is 0.000000236. The zero-order chi connectivity index (χ0) is 66.4. The normalized spacial score (nSPS) is 30.4. The molecular formula is C66H82F6N8O12V2-2. The molecule has 4 aromatic rings. The van der Waals surface area contributed by atoms with Crippen LogP contribution < -0.4 is 29.6 Å². The van der Waals surface area contributed by atoms with Crippen molar-refractivity contribution in [1.82, 2.24) is 40.4 Å². The maximum Gasteiger partial charge on any atom is 0.573 e. The van der Waals surface area contributed by atoms with Gasteiger partial charge in [-0.05, 0) is 148 Å². The predicted molar refractivity (Wildman–Crippen MR) is 321 cm³/mol. The summed E-state index contributed by atoms with van der Waals surface area (Å²) >= 11 is 0. The van der Waals surface area contributed by atoms with E-state index in [0.29, 0.717) is 47.1 Å². The smallest absolute Gasteiger partial charge is 0.540 e. The van der Waals surface area contributed by atoms with Gasteiger partial charge in [0.15, 0.2) is 0 Å². The number of carbonyl (C=O) groups excluding carboxylic acids is 6. The molecule has 2 unspecified atom stereocenters. The van der Waals surface area contributed by atoms with Crippen molar-refractivity contribution in [2.45, 2.75) is 219 Å². The molecule has 6 heterocycles. The first-order chi connectivity index (χ1) is 43.3. The van der Waals surface area contributed by atoms with Crippen LogP contribution in [0.5, 0.6) is 23.3 Å². The molecule has 94 heavy (non-hydrogen) atoms. The largest absolute Gasteiger partial charge is 0.573 e. The molecule has 5 fully saturated rings. The molecule has 0 spiro atoms. The molecule has 28 heteroatoms. The molecule has 11 rings (SSSR count). The minimum atomic E-state index is -4.87. The quantitative estimate of drug-likeness (QED) is 0.143. The van der Waals surface area contributed by atoms with Gasteiger partial charge in [0.2, 0.25) is 23.6 Å². The summed E-state index contributed by atoms with van der Waals surface area (Å²) in [5.41, 5.74) is 0.0686. The summed E-state index contributed by atoms with van der Waals surface area (Å²) < 4.78 is 110. The minimum Gasteiger partial charge on any atom is -0.540 e. The van der Waals surface area contributed by atoms with Crippen molar-refractivity contribution in [3.8, 4) is 23.3 Å². The van der Waals surface area contributed by atoms with Crippen molar-refractivity contribution < 1.29 is 121 Å². The first-order valence-electron chi connectivity index (χ1n) is 32.1. The third kappa shape index (κ3) is 17.2. The molecule has 2 aromatic heterocycles. The van der Waals surface area contributed by atoms with Crippen LogP contribution in [0.3, 0.4) is 0 Å². The second-order valence-electron chi connectivity index (χ2n) is 28.4. The van der Waals surface area contributed by atoms with Crippen LogP contribution in [0.2, 0.25) is 0 Å². The molecule has 2 aromatic carbocycles. The number of alkyl carbamates (subject to hydrolysis) is 2. The molecule has 2 saturated heterocycles. The van der Waals surface area contributed by atoms with Crippen LogP contribution in [0.4, 0.5) is 35.9 Å². The number of fused-ring (bicyclic) bond motifs is 12. The average Bonchev–Trinajstić information content (AvgIpc) is 1.62. The minimum absolute atomic E-state index is 0. The van der Waals surface area contributed by atoms with E-state index >= 15 is 0 Å². The van der Waals surface area contributed by atoms with Gasteiger partial charge in [0.25, 0.3) is 0 Å². The van der Waals surface area contributed by atoms with Gasteiger partial charge in [0, 0.05) is 49.2 Å². The molecule has 4 amide bonds. The molecule has 20 nitrogen and oxygen atoms in total. The fourth-order valence-corrected chi connectivity index (χ4v) is 14.4. The maximum absolute atomic E-state index is 14.1. The molecule has 2 N–H and O–H groups in total. The van der Waals surface area contributed by atoms with Gasteiger partial charge < -0.3 is 58.4 Å². The number of rotatable bonds is 4. The molecular weight excluding hydrogens is 1310 g/mol. The van der Waals surface area contributed by atoms with Crippen LogP contribution in [-0.2, 0) is 78.6 Å². The van der Waals surface area contributed by atoms with E-state index in [4.69, 9.17) is 28.9 Å². The zero-order valence-corrected chi connectivity index (χ0v) is 57.0. The summed E-state index contributed by atoms with van der Waals surface area (Å²) in [6, 6.07) is 3.62. The molecule has 512 valence electrons. The Morgan fingerprint density at radius 3 is 1.48 bits per heavy atom. The van der Waals surface area contributed by atoms with Crippen LogP contribution in [0.1, 0.15) is 157 Å². The summed E-state index contributed by atoms with van der Waals surface area (Å²) in [4.78, 5) is 100. The third-order valence-corrected chi connectivity index (χ3v) is 19.6. The van der Waals surface area contributed by atoms with E-state index in [0.717, 1.165) is 95.6 Å². The van der Waals surface area contributed by atoms with Crippen LogP contribution in [0.25, 0.3) is 22.1 Å². The Kier molecular flexibility index (Phi) is 23.0. The number of nitrogens with one attached hydrogen (secondary N) is 2. The number of alkyl halides is 6. The summed E-state index contributed by atoms with van der Waals surface area (Å²) in [6.45, 7) is 16.4. The third-order valence-electron chi connectivity index (χ3n) is 19.6. The Morgan fingerprint density at radius 1 is 0.564 bits per heavy atom. The standard InChI is InChI=1S/C33H40F3N4O6.C33H42F3N4O6.2V/c1-17-25(16-41)40-15-27(17)44-29-23(37-22-11-10-19(14-24(22)38-29)46-33(34,35)36)9-7-5-6-8-20-21-12-18(21)13-26(20)45-31(43)39-28(30(40)42)32(2,3)4;1-19-25(18-41)40-17-26(19)44-28-23(37-22-14-13-21(16-24(22)38-28)45-33(34,35)36)12-8-6-7-10-20-11-9-15-32(20,5)46-30(43)39-27(29(40)42)31(2,3)4;;/h10-11,14,17-18,20-21,25-28H,5-9,12-13,15H2,1-4H3,(H,39,43);13-14,16,19-20,25-27H,6-12,15,17H2,1-5H3,(H,39,43);;/q2*-1;;/t17-,18?,20+,21?,25+,26+,27-,28+;19-,20+,25+,26-,27+,32+;;/m00../s1. The van der Waals surface area contributed by atoms with E-state index in [1.54, 1.807) is 13.8 Å². The number of nitrogens with zero attached hydrogens (tertiary/aromatic N) is 6. The number of hydrogen-bond acceptors (Lipinski definition) is 16. The first-order valence-corrected chi connectivity index (χ1v) is 32.1. The number of aromatic nitrogens is 4. The van der Waals surface area contributed by atoms with E-state index in [2.05, 4.69) is 30.1 Å². The van der Waals surface area contributed by atoms with Crippen molar-refractivity contribution in [3.63, 3.8) is 0 Å². The predicted octanol–water partition coefficient (Wildman–Crippen LogP) is 11.6. The average molecular weight is 1400 g/mol. The van der Waals surface area contributed by atoms with Gasteiger partial charge in [-0.25, -0.2) is 42.1 Å². The number of aryl methyl sites for hydroxylation is 2. The van der Waals surface area contributed by atoms with Crippen molar-refractivity contribution in [2.75, 3.05) is 13.1 Å². The second kappa shape index (κ2) is 29.3. The first kappa shape index (κ1) is 73.7. The van der Waals surface area contributed by atoms with Gasteiger partial charge in [-0.3, -0.25) is 9.59 Å². The van der Waals surface area contributed by atoms with Crippen molar-refractivity contribution in [3.05, 3.63) is 47.8 Å². The second-order valence-corrected chi connectivity index (χ2v) is 28.4. The number of halogens is 6. The Hall–Kier alpha value is -6.11. The van der Waals surface area contributed by atoms with E-state index in [9.17, 15) is 55.1 Å². The van der Waals surface area contributed by atoms with E-state index in [1.165, 1.54) is 34.1 Å². The van der Waals surface area contributed by atoms with Crippen molar-refractivity contribution >= 4 is 58.6 Å². The fourth-order valence-electron chi connectivity index (χ4n) is 14.4. The molecule has 4 bridgehead atoms. The van der Waals surface area contributed by atoms with Crippen LogP contribution in [0, 0.1) is 46.3 Å². The van der Waals surface area contributed by atoms with Gasteiger partial charge in [0.05, 0.1) is 35.2 Å². The van der Waals surface area contributed by atoms with Gasteiger partial charge in [-0.2, -0.15) is 0 Å². The van der Waals surface area contributed by atoms with Gasteiger partial charge in [-0.1, -0.05) is 93.2 Å². The van der Waals surface area contributed by atoms with Crippen molar-refractivity contribution in [2.24, 2.45) is 46.3 Å². The number of ether oxygens (including phenoxy) is 6. The summed E-state index contributed by atoms with van der Waals surface area (Å²) in [6.07, 6.45) is 3.77. The molecule has 14 atom stereocenters. The van der Waals surface area contributed by atoms with Crippen LogP contribution in [-0.4, -0.2) is 140 Å². The van der Waals surface area contributed by atoms with E-state index in [1.807, 2.05) is 61.0 Å². The molecule has 3 saturated carbocycles. The summed E-state index contributed by atoms with van der Waals surface area (Å²) in [7, 11) is 0. The molecule has 4 aliphatic heterocycles. The number of carbonyl (C=O) groups is 4. The monoisotopic (exact) mass is 1390 g/mol. The number of hydrogen-bond donors (Lipinski definition) is 2. The van der Waals surface area contributed by atoms with E-state index < -0.39 is 113 Å². The van der Waals surface area contributed by atoms with Crippen LogP contribution in [0.15, 0.2) is 36.4 Å². The maximum atomic E-state index is 14.1. The van der Waals surface area contributed by atoms with Crippen molar-refractivity contribution in [1.29, 1.82) is 0 Å². The van der Waals surface area contributed by atoms with E-state index in [-0.39, 0.29) is 90.9 Å². The number of benzene rings is 2. The van der Waals surface area contributed by atoms with Crippen LogP contribution >= 0.6 is 0 Å². The SMILES string of the molecule is C[C@@H]1[C@@H]2CN(C(=O)[C@H](C(C)(C)C)NC(=O)O[C@@H]3CC4CC4[C@H]3CCCCCc3nc4ccc(OC(F)(F)F)cc4nc3O2)[C@@H]1[C-]=O.C[C@@H]1[C@@H]2CN(C(=O)[C@H](C(C)(C)C)NC(=O)O[C@]3(C)CCC[C@H]3CCCCCc3nc4ccc(OC(F)(F)F)cc4nc3O2)[C@@H]1[C-]=O.[V].[V]. The van der Waals surface area contributed by atoms with Gasteiger partial charge in [0.1, 0.15) is 58.9 Å². The van der Waals surface area contributed by atoms with Gasteiger partial charge in [-0.15, -0.1) is 26.3 Å². The van der Waals surface area contributed by atoms with Gasteiger partial charge >= 0.3 is 24.9 Å².